The molecule has 0 heterocycles. The fraction of sp³-hybridized carbons (Fsp3) is 0.800. The minimum Gasteiger partial charge on any atom is -0.481 e. The molecule has 0 bridgehead atoms. The molecule has 2 N–H and O–H groups in total. The van der Waals surface area contributed by atoms with Gasteiger partial charge in [-0.3, -0.25) is 9.59 Å². The molecule has 0 aromatic rings. The fourth-order valence-electron chi connectivity index (χ4n) is 0.919. The minimum atomic E-state index is -1.23. The molecule has 0 spiro atoms. The van der Waals surface area contributed by atoms with Gasteiger partial charge in [-0.2, -0.15) is 0 Å². The van der Waals surface area contributed by atoms with Crippen LogP contribution in [0.3, 0.4) is 0 Å². The van der Waals surface area contributed by atoms with E-state index in [1.807, 2.05) is 0 Å². The van der Waals surface area contributed by atoms with Gasteiger partial charge in [-0.05, 0) is 39.3 Å². The van der Waals surface area contributed by atoms with Crippen LogP contribution in [-0.2, 0) is 13.7 Å². The molecule has 0 amide bonds. The average Bonchev–Trinajstić information content (AvgIpc) is 1.70. The zero-order chi connectivity index (χ0) is 14.9. The zero-order valence-corrected chi connectivity index (χ0v) is 14.1. The van der Waals surface area contributed by atoms with E-state index < -0.39 is 28.6 Å². The molecular weight excluding hydrogens is 256 g/mol. The quantitative estimate of drug-likeness (QED) is 0.761. The lowest BCUT2D eigenvalue weighted by Gasteiger charge is -2.27. The number of carboxylic acids is 2. The Kier molecular flexibility index (Phi) is 11.9. The highest BCUT2D eigenvalue weighted by Gasteiger charge is 2.24. The van der Waals surface area contributed by atoms with Crippen molar-refractivity contribution < 1.29 is 23.9 Å². The van der Waals surface area contributed by atoms with Crippen molar-refractivity contribution in [2.75, 3.05) is 0 Å². The van der Waals surface area contributed by atoms with Crippen LogP contribution in [0.25, 0.3) is 0 Å². The van der Waals surface area contributed by atoms with Crippen LogP contribution in [0.2, 0.25) is 39.3 Å². The van der Waals surface area contributed by atoms with Crippen LogP contribution in [0.5, 0.6) is 0 Å². The molecule has 0 saturated carbocycles. The topological polar surface area (TPSA) is 83.8 Å². The van der Waals surface area contributed by atoms with Crippen LogP contribution < -0.4 is 0 Å². The van der Waals surface area contributed by atoms with Crippen LogP contribution in [0, 0.1) is 0 Å². The summed E-state index contributed by atoms with van der Waals surface area (Å²) in [5.74, 6) is -1.67. The Morgan fingerprint density at radius 2 is 0.882 bits per heavy atom. The lowest BCUT2D eigenvalue weighted by atomic mass is 10.9. The number of carbonyl (C=O) groups is 2. The lowest BCUT2D eigenvalue weighted by Crippen LogP contribution is -2.39. The standard InChI is InChI=1S/C6H18OSi2.2C2H4O2/c1-8(2,3)7-9(4,5)6;2*1-2(3)4/h1-6H3;2*1H3,(H,3,4). The van der Waals surface area contributed by atoms with E-state index in [0.29, 0.717) is 0 Å². The summed E-state index contributed by atoms with van der Waals surface area (Å²) in [7, 11) is -2.46. The van der Waals surface area contributed by atoms with E-state index in [1.165, 1.54) is 0 Å². The van der Waals surface area contributed by atoms with Crippen molar-refractivity contribution in [3.05, 3.63) is 0 Å². The molecule has 0 aliphatic carbocycles. The molecule has 0 rings (SSSR count). The molecule has 104 valence electrons. The first-order valence-corrected chi connectivity index (χ1v) is 12.1. The Bertz CT molecular complexity index is 196. The number of rotatable bonds is 2. The van der Waals surface area contributed by atoms with Crippen LogP contribution in [0.15, 0.2) is 0 Å². The highest BCUT2D eigenvalue weighted by Crippen LogP contribution is 2.12. The number of hydrogen-bond acceptors (Lipinski definition) is 3. The molecule has 17 heavy (non-hydrogen) atoms. The lowest BCUT2D eigenvalue weighted by molar-refractivity contribution is -0.135. The summed E-state index contributed by atoms with van der Waals surface area (Å²) in [6.45, 7) is 15.6. The first-order chi connectivity index (χ1) is 7.17. The normalized spacial score (nSPS) is 10.4. The van der Waals surface area contributed by atoms with Crippen LogP contribution >= 0.6 is 0 Å². The maximum absolute atomic E-state index is 9.00. The van der Waals surface area contributed by atoms with Gasteiger partial charge in [0.05, 0.1) is 0 Å². The summed E-state index contributed by atoms with van der Waals surface area (Å²) < 4.78 is 5.90. The van der Waals surface area contributed by atoms with Crippen molar-refractivity contribution in [2.24, 2.45) is 0 Å². The summed E-state index contributed by atoms with van der Waals surface area (Å²) in [5.41, 5.74) is 0. The maximum Gasteiger partial charge on any atom is 0.300 e. The first-order valence-electron chi connectivity index (χ1n) is 5.26. The molecule has 0 radical (unpaired) electrons. The van der Waals surface area contributed by atoms with Crippen LogP contribution in [0.4, 0.5) is 0 Å². The van der Waals surface area contributed by atoms with Crippen LogP contribution in [-0.4, -0.2) is 38.8 Å². The Morgan fingerprint density at radius 1 is 0.765 bits per heavy atom. The van der Waals surface area contributed by atoms with Crippen LogP contribution in [0.1, 0.15) is 13.8 Å². The van der Waals surface area contributed by atoms with Gasteiger partial charge >= 0.3 is 0 Å². The fourth-order valence-corrected chi connectivity index (χ4v) is 8.27. The largest absolute Gasteiger partial charge is 0.481 e. The van der Waals surface area contributed by atoms with Gasteiger partial charge < -0.3 is 14.3 Å². The van der Waals surface area contributed by atoms with Gasteiger partial charge in [-0.25, -0.2) is 0 Å². The van der Waals surface area contributed by atoms with Gasteiger partial charge in [0.25, 0.3) is 11.9 Å². The Morgan fingerprint density at radius 3 is 0.882 bits per heavy atom. The van der Waals surface area contributed by atoms with Crippen molar-refractivity contribution >= 4 is 28.6 Å². The Balaban J connectivity index is -0.000000205. The molecule has 0 unspecified atom stereocenters. The van der Waals surface area contributed by atoms with Crippen molar-refractivity contribution in [3.63, 3.8) is 0 Å². The van der Waals surface area contributed by atoms with E-state index in [-0.39, 0.29) is 0 Å². The molecule has 0 aromatic heterocycles. The van der Waals surface area contributed by atoms with E-state index in [4.69, 9.17) is 23.9 Å². The number of carboxylic acid groups (broad SMARTS) is 2. The first kappa shape index (κ1) is 21.6. The Hall–Kier alpha value is -0.666. The molecule has 0 aromatic carbocycles. The monoisotopic (exact) mass is 282 g/mol. The number of aliphatic carboxylic acids is 2. The van der Waals surface area contributed by atoms with Gasteiger partial charge in [0.2, 0.25) is 0 Å². The summed E-state index contributed by atoms with van der Waals surface area (Å²) in [6, 6.07) is 0. The minimum absolute atomic E-state index is 0.833. The molecular formula is C10H26O5Si2. The highest BCUT2D eigenvalue weighted by molar-refractivity contribution is 6.83. The summed E-state index contributed by atoms with van der Waals surface area (Å²) in [5, 5.41) is 14.8. The van der Waals surface area contributed by atoms with Gasteiger partial charge in [-0.15, -0.1) is 0 Å². The average molecular weight is 282 g/mol. The van der Waals surface area contributed by atoms with E-state index in [2.05, 4.69) is 39.3 Å². The third kappa shape index (κ3) is 95.8. The summed E-state index contributed by atoms with van der Waals surface area (Å²) >= 11 is 0. The van der Waals surface area contributed by atoms with Crippen molar-refractivity contribution in [1.82, 2.24) is 0 Å². The van der Waals surface area contributed by atoms with E-state index in [9.17, 15) is 0 Å². The van der Waals surface area contributed by atoms with E-state index in [1.54, 1.807) is 0 Å². The third-order valence-corrected chi connectivity index (χ3v) is 5.51. The summed E-state index contributed by atoms with van der Waals surface area (Å²) in [6.07, 6.45) is 0. The predicted octanol–water partition coefficient (Wildman–Crippen LogP) is 2.85. The third-order valence-electron chi connectivity index (χ3n) is 0.612. The van der Waals surface area contributed by atoms with Crippen molar-refractivity contribution in [1.29, 1.82) is 0 Å². The second-order valence-electron chi connectivity index (χ2n) is 5.36. The van der Waals surface area contributed by atoms with Gasteiger partial charge in [0, 0.05) is 13.8 Å². The molecule has 5 nitrogen and oxygen atoms in total. The zero-order valence-electron chi connectivity index (χ0n) is 12.1. The Labute approximate surface area is 106 Å². The number of hydrogen-bond donors (Lipinski definition) is 2. The smallest absolute Gasteiger partial charge is 0.300 e. The predicted molar refractivity (Wildman–Crippen MR) is 74.4 cm³/mol. The van der Waals surface area contributed by atoms with Gasteiger partial charge in [0.15, 0.2) is 16.6 Å². The molecule has 0 atom stereocenters. The van der Waals surface area contributed by atoms with Crippen molar-refractivity contribution in [3.8, 4) is 0 Å². The van der Waals surface area contributed by atoms with E-state index >= 15 is 0 Å². The highest BCUT2D eigenvalue weighted by atomic mass is 28.4. The maximum atomic E-state index is 9.00. The molecule has 0 aliphatic heterocycles. The second-order valence-corrected chi connectivity index (χ2v) is 14.6. The summed E-state index contributed by atoms with van der Waals surface area (Å²) in [4.78, 5) is 18.0. The molecule has 0 aliphatic rings. The van der Waals surface area contributed by atoms with Gasteiger partial charge in [-0.1, -0.05) is 0 Å². The van der Waals surface area contributed by atoms with E-state index in [0.717, 1.165) is 13.8 Å². The molecule has 7 heteroatoms. The van der Waals surface area contributed by atoms with Gasteiger partial charge in [0.1, 0.15) is 0 Å². The second kappa shape index (κ2) is 9.37. The molecule has 0 saturated heterocycles. The van der Waals surface area contributed by atoms with Crippen molar-refractivity contribution in [2.45, 2.75) is 53.1 Å². The SMILES string of the molecule is CC(=O)O.CC(=O)O.C[Si](C)(C)O[Si](C)(C)C. The molecule has 0 fully saturated rings.